The standard InChI is InChI=1S/C17H22N4O/c1-4-17(22)18-15-10-11-16(20-19-15)21(13(2)3)12-14-8-6-5-7-9-14/h5-11,13H,4,12H2,1-3H3,(H,18,19,22). The van der Waals surface area contributed by atoms with Crippen molar-refractivity contribution in [3.8, 4) is 0 Å². The number of nitrogens with one attached hydrogen (secondary N) is 1. The number of hydrogen-bond donors (Lipinski definition) is 1. The Morgan fingerprint density at radius 3 is 2.41 bits per heavy atom. The predicted octanol–water partition coefficient (Wildman–Crippen LogP) is 3.24. The van der Waals surface area contributed by atoms with Gasteiger partial charge in [-0.25, -0.2) is 0 Å². The molecule has 0 unspecified atom stereocenters. The molecule has 1 aromatic carbocycles. The molecule has 2 aromatic rings. The Balaban J connectivity index is 2.13. The molecule has 1 N–H and O–H groups in total. The third-order valence-corrected chi connectivity index (χ3v) is 3.35. The molecule has 0 radical (unpaired) electrons. The molecule has 0 bridgehead atoms. The van der Waals surface area contributed by atoms with Gasteiger partial charge in [-0.05, 0) is 31.5 Å². The van der Waals surface area contributed by atoms with E-state index in [0.29, 0.717) is 18.3 Å². The van der Waals surface area contributed by atoms with Gasteiger partial charge in [0.15, 0.2) is 11.6 Å². The molecule has 5 heteroatoms. The Labute approximate surface area is 131 Å². The summed E-state index contributed by atoms with van der Waals surface area (Å²) in [4.78, 5) is 13.5. The largest absolute Gasteiger partial charge is 0.348 e. The van der Waals surface area contributed by atoms with E-state index in [0.717, 1.165) is 12.4 Å². The molecule has 2 rings (SSSR count). The highest BCUT2D eigenvalue weighted by molar-refractivity contribution is 5.89. The summed E-state index contributed by atoms with van der Waals surface area (Å²) in [5.41, 5.74) is 1.22. The minimum absolute atomic E-state index is 0.0629. The number of carbonyl (C=O) groups is 1. The van der Waals surface area contributed by atoms with Crippen LogP contribution >= 0.6 is 0 Å². The van der Waals surface area contributed by atoms with Crippen LogP contribution in [0.25, 0.3) is 0 Å². The zero-order chi connectivity index (χ0) is 15.9. The number of rotatable bonds is 6. The second-order valence-electron chi connectivity index (χ2n) is 5.39. The van der Waals surface area contributed by atoms with Crippen molar-refractivity contribution in [2.75, 3.05) is 10.2 Å². The van der Waals surface area contributed by atoms with Crippen LogP contribution in [-0.4, -0.2) is 22.1 Å². The summed E-state index contributed by atoms with van der Waals surface area (Å²) < 4.78 is 0. The van der Waals surface area contributed by atoms with Crippen LogP contribution in [0.5, 0.6) is 0 Å². The molecular weight excluding hydrogens is 276 g/mol. The second kappa shape index (κ2) is 7.54. The topological polar surface area (TPSA) is 58.1 Å². The summed E-state index contributed by atoms with van der Waals surface area (Å²) in [6.45, 7) is 6.82. The van der Waals surface area contributed by atoms with Crippen LogP contribution in [0.4, 0.5) is 11.6 Å². The minimum Gasteiger partial charge on any atom is -0.348 e. The molecule has 1 amide bonds. The van der Waals surface area contributed by atoms with E-state index in [9.17, 15) is 4.79 Å². The SMILES string of the molecule is CCC(=O)Nc1ccc(N(Cc2ccccc2)C(C)C)nn1. The summed E-state index contributed by atoms with van der Waals surface area (Å²) in [5.74, 6) is 1.22. The fraction of sp³-hybridized carbons (Fsp3) is 0.353. The highest BCUT2D eigenvalue weighted by Gasteiger charge is 2.13. The molecule has 0 spiro atoms. The molecule has 1 aromatic heterocycles. The van der Waals surface area contributed by atoms with Gasteiger partial charge in [-0.2, -0.15) is 0 Å². The lowest BCUT2D eigenvalue weighted by Crippen LogP contribution is -2.31. The maximum absolute atomic E-state index is 11.4. The lowest BCUT2D eigenvalue weighted by atomic mass is 10.2. The van der Waals surface area contributed by atoms with E-state index in [1.165, 1.54) is 5.56 Å². The van der Waals surface area contributed by atoms with Crippen LogP contribution < -0.4 is 10.2 Å². The average Bonchev–Trinajstić information content (AvgIpc) is 2.54. The van der Waals surface area contributed by atoms with Gasteiger partial charge in [-0.1, -0.05) is 37.3 Å². The monoisotopic (exact) mass is 298 g/mol. The summed E-state index contributed by atoms with van der Waals surface area (Å²) >= 11 is 0. The van der Waals surface area contributed by atoms with Gasteiger partial charge in [0.2, 0.25) is 5.91 Å². The van der Waals surface area contributed by atoms with Crippen molar-refractivity contribution in [2.24, 2.45) is 0 Å². The molecule has 0 saturated carbocycles. The molecule has 0 aliphatic rings. The lowest BCUT2D eigenvalue weighted by molar-refractivity contribution is -0.115. The highest BCUT2D eigenvalue weighted by Crippen LogP contribution is 2.18. The van der Waals surface area contributed by atoms with Crippen molar-refractivity contribution in [2.45, 2.75) is 39.8 Å². The number of benzene rings is 1. The average molecular weight is 298 g/mol. The normalized spacial score (nSPS) is 10.5. The van der Waals surface area contributed by atoms with Crippen molar-refractivity contribution in [1.82, 2.24) is 10.2 Å². The first kappa shape index (κ1) is 15.9. The summed E-state index contributed by atoms with van der Waals surface area (Å²) in [6.07, 6.45) is 0.426. The van der Waals surface area contributed by atoms with Gasteiger partial charge in [0.05, 0.1) is 0 Å². The Bertz CT molecular complexity index is 596. The van der Waals surface area contributed by atoms with Crippen molar-refractivity contribution >= 4 is 17.5 Å². The van der Waals surface area contributed by atoms with Crippen LogP contribution in [0, 0.1) is 0 Å². The number of nitrogens with zero attached hydrogens (tertiary/aromatic N) is 3. The Hall–Kier alpha value is -2.43. The molecule has 22 heavy (non-hydrogen) atoms. The molecule has 0 aliphatic carbocycles. The third kappa shape index (κ3) is 4.28. The number of carbonyl (C=O) groups excluding carboxylic acids is 1. The fourth-order valence-corrected chi connectivity index (χ4v) is 2.08. The summed E-state index contributed by atoms with van der Waals surface area (Å²) in [5, 5.41) is 11.0. The number of hydrogen-bond acceptors (Lipinski definition) is 4. The van der Waals surface area contributed by atoms with E-state index in [-0.39, 0.29) is 5.91 Å². The first-order valence-electron chi connectivity index (χ1n) is 7.54. The Morgan fingerprint density at radius 2 is 1.86 bits per heavy atom. The van der Waals surface area contributed by atoms with E-state index >= 15 is 0 Å². The number of aromatic nitrogens is 2. The summed E-state index contributed by atoms with van der Waals surface area (Å²) in [7, 11) is 0. The fourth-order valence-electron chi connectivity index (χ4n) is 2.08. The minimum atomic E-state index is -0.0629. The molecule has 0 fully saturated rings. The molecule has 116 valence electrons. The van der Waals surface area contributed by atoms with Gasteiger partial charge in [0.1, 0.15) is 0 Å². The summed E-state index contributed by atoms with van der Waals surface area (Å²) in [6, 6.07) is 14.2. The zero-order valence-electron chi connectivity index (χ0n) is 13.3. The van der Waals surface area contributed by atoms with Crippen molar-refractivity contribution < 1.29 is 4.79 Å². The van der Waals surface area contributed by atoms with E-state index in [1.807, 2.05) is 24.3 Å². The van der Waals surface area contributed by atoms with Crippen LogP contribution in [0.15, 0.2) is 42.5 Å². The van der Waals surface area contributed by atoms with Gasteiger partial charge >= 0.3 is 0 Å². The lowest BCUT2D eigenvalue weighted by Gasteiger charge is -2.27. The van der Waals surface area contributed by atoms with Crippen molar-refractivity contribution in [3.63, 3.8) is 0 Å². The van der Waals surface area contributed by atoms with Gasteiger partial charge in [0.25, 0.3) is 0 Å². The number of amides is 1. The van der Waals surface area contributed by atoms with E-state index in [4.69, 9.17) is 0 Å². The smallest absolute Gasteiger partial charge is 0.225 e. The predicted molar refractivity (Wildman–Crippen MR) is 88.7 cm³/mol. The molecule has 0 aliphatic heterocycles. The molecule has 1 heterocycles. The van der Waals surface area contributed by atoms with Gasteiger partial charge in [-0.15, -0.1) is 10.2 Å². The molecule has 0 saturated heterocycles. The van der Waals surface area contributed by atoms with Crippen molar-refractivity contribution in [1.29, 1.82) is 0 Å². The highest BCUT2D eigenvalue weighted by atomic mass is 16.1. The van der Waals surface area contributed by atoms with E-state index < -0.39 is 0 Å². The van der Waals surface area contributed by atoms with Crippen LogP contribution in [0.2, 0.25) is 0 Å². The molecule has 0 atom stereocenters. The van der Waals surface area contributed by atoms with Gasteiger partial charge in [0, 0.05) is 19.0 Å². The third-order valence-electron chi connectivity index (χ3n) is 3.35. The van der Waals surface area contributed by atoms with Gasteiger partial charge in [-0.3, -0.25) is 4.79 Å². The zero-order valence-corrected chi connectivity index (χ0v) is 13.3. The maximum atomic E-state index is 11.4. The van der Waals surface area contributed by atoms with E-state index in [1.54, 1.807) is 13.0 Å². The first-order valence-corrected chi connectivity index (χ1v) is 7.54. The Morgan fingerprint density at radius 1 is 1.14 bits per heavy atom. The van der Waals surface area contributed by atoms with Crippen molar-refractivity contribution in [3.05, 3.63) is 48.0 Å². The quantitative estimate of drug-likeness (QED) is 0.889. The van der Waals surface area contributed by atoms with Crippen LogP contribution in [0.3, 0.4) is 0 Å². The van der Waals surface area contributed by atoms with Crippen LogP contribution in [-0.2, 0) is 11.3 Å². The maximum Gasteiger partial charge on any atom is 0.225 e. The Kier molecular flexibility index (Phi) is 5.47. The van der Waals surface area contributed by atoms with Gasteiger partial charge < -0.3 is 10.2 Å². The second-order valence-corrected chi connectivity index (χ2v) is 5.39. The van der Waals surface area contributed by atoms with E-state index in [2.05, 4.69) is 46.4 Å². The molecular formula is C17H22N4O. The first-order chi connectivity index (χ1) is 10.6. The molecule has 5 nitrogen and oxygen atoms in total. The van der Waals surface area contributed by atoms with Crippen LogP contribution in [0.1, 0.15) is 32.8 Å². The number of anilines is 2.